The van der Waals surface area contributed by atoms with Gasteiger partial charge in [-0.15, -0.1) is 24.0 Å². The molecule has 1 fully saturated rings. The van der Waals surface area contributed by atoms with Gasteiger partial charge in [-0.2, -0.15) is 0 Å². The van der Waals surface area contributed by atoms with Crippen molar-refractivity contribution in [3.8, 4) is 0 Å². The zero-order valence-electron chi connectivity index (χ0n) is 15.9. The lowest BCUT2D eigenvalue weighted by Gasteiger charge is -2.34. The Morgan fingerprint density at radius 3 is 2.38 bits per heavy atom. The van der Waals surface area contributed by atoms with E-state index in [4.69, 9.17) is 4.74 Å². The van der Waals surface area contributed by atoms with Crippen molar-refractivity contribution in [3.63, 3.8) is 0 Å². The van der Waals surface area contributed by atoms with Crippen LogP contribution in [0.25, 0.3) is 0 Å². The maximum atomic E-state index is 5.04. The summed E-state index contributed by atoms with van der Waals surface area (Å²) in [5.41, 5.74) is 0. The van der Waals surface area contributed by atoms with Gasteiger partial charge in [0.05, 0.1) is 0 Å². The molecule has 0 spiro atoms. The van der Waals surface area contributed by atoms with Crippen molar-refractivity contribution in [1.82, 2.24) is 25.5 Å². The Kier molecular flexibility index (Phi) is 12.2. The summed E-state index contributed by atoms with van der Waals surface area (Å²) in [6.45, 7) is 7.75. The number of methoxy groups -OCH3 is 1. The van der Waals surface area contributed by atoms with E-state index < -0.39 is 0 Å². The quantitative estimate of drug-likeness (QED) is 0.236. The fourth-order valence-corrected chi connectivity index (χ4v) is 2.78. The normalized spacial score (nSPS) is 15.5. The summed E-state index contributed by atoms with van der Waals surface area (Å²) < 4.78 is 5.04. The first-order chi connectivity index (χ1) is 12.3. The van der Waals surface area contributed by atoms with E-state index in [0.29, 0.717) is 0 Å². The van der Waals surface area contributed by atoms with Crippen LogP contribution in [0.3, 0.4) is 0 Å². The molecule has 1 aliphatic rings. The molecule has 1 aromatic rings. The van der Waals surface area contributed by atoms with Crippen LogP contribution in [0.1, 0.15) is 12.8 Å². The molecule has 0 aliphatic carbocycles. The first-order valence-electron chi connectivity index (χ1n) is 9.01. The van der Waals surface area contributed by atoms with E-state index in [1.54, 1.807) is 26.6 Å². The molecule has 9 heteroatoms. The monoisotopic (exact) mass is 477 g/mol. The third kappa shape index (κ3) is 8.45. The third-order valence-electron chi connectivity index (χ3n) is 4.19. The van der Waals surface area contributed by atoms with Crippen LogP contribution in [0.2, 0.25) is 0 Å². The zero-order valence-corrected chi connectivity index (χ0v) is 18.2. The van der Waals surface area contributed by atoms with Crippen LogP contribution >= 0.6 is 24.0 Å². The van der Waals surface area contributed by atoms with Gasteiger partial charge >= 0.3 is 0 Å². The molecular weight excluding hydrogens is 445 g/mol. The number of nitrogens with zero attached hydrogens (tertiary/aromatic N) is 5. The van der Waals surface area contributed by atoms with Gasteiger partial charge in [0.25, 0.3) is 0 Å². The number of rotatable bonds is 9. The number of aliphatic imine (C=N–C) groups is 1. The van der Waals surface area contributed by atoms with Gasteiger partial charge in [-0.1, -0.05) is 0 Å². The summed E-state index contributed by atoms with van der Waals surface area (Å²) in [5.74, 6) is 1.70. The van der Waals surface area contributed by atoms with Crippen molar-refractivity contribution >= 4 is 35.9 Å². The second-order valence-corrected chi connectivity index (χ2v) is 6.00. The Bertz CT molecular complexity index is 495. The lowest BCUT2D eigenvalue weighted by Crippen LogP contribution is -2.47. The first kappa shape index (κ1) is 22.8. The second kappa shape index (κ2) is 13.9. The van der Waals surface area contributed by atoms with Crippen LogP contribution in [-0.4, -0.2) is 87.4 Å². The largest absolute Gasteiger partial charge is 0.385 e. The van der Waals surface area contributed by atoms with E-state index in [1.165, 1.54) is 0 Å². The molecular formula is C17H32IN7O. The van der Waals surface area contributed by atoms with E-state index in [2.05, 4.69) is 35.4 Å². The predicted molar refractivity (Wildman–Crippen MR) is 117 cm³/mol. The average Bonchev–Trinajstić information content (AvgIpc) is 2.68. The van der Waals surface area contributed by atoms with Gasteiger partial charge in [0.2, 0.25) is 5.95 Å². The van der Waals surface area contributed by atoms with Crippen LogP contribution in [0.4, 0.5) is 5.95 Å². The van der Waals surface area contributed by atoms with Crippen molar-refractivity contribution in [2.45, 2.75) is 12.8 Å². The summed E-state index contributed by atoms with van der Waals surface area (Å²) in [5, 5.41) is 6.65. The highest BCUT2D eigenvalue weighted by Gasteiger charge is 2.18. The van der Waals surface area contributed by atoms with E-state index >= 15 is 0 Å². The van der Waals surface area contributed by atoms with Crippen LogP contribution in [0.5, 0.6) is 0 Å². The molecule has 8 nitrogen and oxygen atoms in total. The number of guanidine groups is 1. The third-order valence-corrected chi connectivity index (χ3v) is 4.19. The lowest BCUT2D eigenvalue weighted by molar-refractivity contribution is 0.195. The molecule has 0 unspecified atom stereocenters. The van der Waals surface area contributed by atoms with Gasteiger partial charge in [0, 0.05) is 72.4 Å². The van der Waals surface area contributed by atoms with Gasteiger partial charge in [0.1, 0.15) is 0 Å². The highest BCUT2D eigenvalue weighted by molar-refractivity contribution is 14.0. The highest BCUT2D eigenvalue weighted by Crippen LogP contribution is 2.09. The van der Waals surface area contributed by atoms with Gasteiger partial charge < -0.3 is 20.3 Å². The SMILES string of the molecule is CN=C(NCCCOC)NCCCN1CCN(c2ncccn2)CC1.I. The van der Waals surface area contributed by atoms with E-state index in [-0.39, 0.29) is 24.0 Å². The first-order valence-corrected chi connectivity index (χ1v) is 9.01. The molecule has 1 aliphatic heterocycles. The van der Waals surface area contributed by atoms with Crippen molar-refractivity contribution < 1.29 is 4.74 Å². The molecule has 1 aromatic heterocycles. The Balaban J connectivity index is 0.00000338. The molecule has 1 saturated heterocycles. The van der Waals surface area contributed by atoms with E-state index in [9.17, 15) is 0 Å². The van der Waals surface area contributed by atoms with Gasteiger partial charge in [-0.05, 0) is 25.5 Å². The van der Waals surface area contributed by atoms with Gasteiger partial charge in [-0.3, -0.25) is 9.89 Å². The standard InChI is InChI=1S/C17H31N7O.HI/c1-18-16(20-9-5-15-25-2)19-8-4-10-23-11-13-24(14-12-23)17-21-6-3-7-22-17;/h3,6-7H,4-5,8-15H2,1-2H3,(H2,18,19,20);1H. The molecule has 0 atom stereocenters. The Labute approximate surface area is 173 Å². The molecule has 148 valence electrons. The highest BCUT2D eigenvalue weighted by atomic mass is 127. The van der Waals surface area contributed by atoms with Crippen LogP contribution in [0.15, 0.2) is 23.5 Å². The average molecular weight is 477 g/mol. The number of piperazine rings is 1. The van der Waals surface area contributed by atoms with Crippen LogP contribution < -0.4 is 15.5 Å². The number of ether oxygens (including phenoxy) is 1. The molecule has 26 heavy (non-hydrogen) atoms. The summed E-state index contributed by atoms with van der Waals surface area (Å²) >= 11 is 0. The Hall–Kier alpha value is -1.20. The topological polar surface area (TPSA) is 77.9 Å². The zero-order chi connectivity index (χ0) is 17.7. The number of halogens is 1. The number of hydrogen-bond donors (Lipinski definition) is 2. The fourth-order valence-electron chi connectivity index (χ4n) is 2.78. The summed E-state index contributed by atoms with van der Waals surface area (Å²) in [7, 11) is 3.52. The molecule has 0 bridgehead atoms. The predicted octanol–water partition coefficient (Wildman–Crippen LogP) is 0.808. The van der Waals surface area contributed by atoms with Crippen molar-refractivity contribution in [1.29, 1.82) is 0 Å². The summed E-state index contributed by atoms with van der Waals surface area (Å²) in [6, 6.07) is 1.85. The Morgan fingerprint density at radius 2 is 1.77 bits per heavy atom. The van der Waals surface area contributed by atoms with Crippen molar-refractivity contribution in [2.75, 3.05) is 71.5 Å². The number of anilines is 1. The molecule has 2 heterocycles. The van der Waals surface area contributed by atoms with E-state index in [0.717, 1.165) is 77.2 Å². The number of hydrogen-bond acceptors (Lipinski definition) is 6. The minimum atomic E-state index is 0. The molecule has 2 N–H and O–H groups in total. The van der Waals surface area contributed by atoms with Crippen LogP contribution in [-0.2, 0) is 4.74 Å². The van der Waals surface area contributed by atoms with E-state index in [1.807, 2.05) is 6.07 Å². The van der Waals surface area contributed by atoms with Crippen LogP contribution in [0, 0.1) is 0 Å². The maximum Gasteiger partial charge on any atom is 0.225 e. The smallest absolute Gasteiger partial charge is 0.225 e. The molecule has 2 rings (SSSR count). The summed E-state index contributed by atoms with van der Waals surface area (Å²) in [6.07, 6.45) is 5.68. The van der Waals surface area contributed by atoms with Gasteiger partial charge in [-0.25, -0.2) is 9.97 Å². The molecule has 0 radical (unpaired) electrons. The van der Waals surface area contributed by atoms with Crippen molar-refractivity contribution in [3.05, 3.63) is 18.5 Å². The summed E-state index contributed by atoms with van der Waals surface area (Å²) in [4.78, 5) is 17.6. The molecule has 0 saturated carbocycles. The minimum Gasteiger partial charge on any atom is -0.385 e. The molecule has 0 aromatic carbocycles. The van der Waals surface area contributed by atoms with Gasteiger partial charge in [0.15, 0.2) is 5.96 Å². The number of nitrogens with one attached hydrogen (secondary N) is 2. The molecule has 0 amide bonds. The lowest BCUT2D eigenvalue weighted by atomic mass is 10.3. The second-order valence-electron chi connectivity index (χ2n) is 6.00. The maximum absolute atomic E-state index is 5.04. The number of aromatic nitrogens is 2. The minimum absolute atomic E-state index is 0. The van der Waals surface area contributed by atoms with Crippen molar-refractivity contribution in [2.24, 2.45) is 4.99 Å². The Morgan fingerprint density at radius 1 is 1.12 bits per heavy atom. The fraction of sp³-hybridized carbons (Fsp3) is 0.706.